The summed E-state index contributed by atoms with van der Waals surface area (Å²) in [5.41, 5.74) is -0.458. The number of nitrogens with one attached hydrogen (secondary N) is 1. The molecule has 0 spiro atoms. The number of pyridine rings is 1. The molecule has 0 radical (unpaired) electrons. The van der Waals surface area contributed by atoms with Crippen molar-refractivity contribution in [3.8, 4) is 0 Å². The van der Waals surface area contributed by atoms with E-state index in [1.807, 2.05) is 0 Å². The zero-order valence-electron chi connectivity index (χ0n) is 6.94. The van der Waals surface area contributed by atoms with Crippen LogP contribution < -0.4 is 11.0 Å². The Labute approximate surface area is 74.2 Å². The first kappa shape index (κ1) is 9.69. The highest BCUT2D eigenvalue weighted by Gasteiger charge is 2.13. The number of aromatic nitrogens is 1. The molecular formula is C7H8BNO4. The van der Waals surface area contributed by atoms with Crippen LogP contribution in [0.2, 0.25) is 0 Å². The average molecular weight is 181 g/mol. The predicted molar refractivity (Wildman–Crippen MR) is 46.9 cm³/mol. The van der Waals surface area contributed by atoms with Crippen molar-refractivity contribution in [1.82, 2.24) is 4.98 Å². The highest BCUT2D eigenvalue weighted by atomic mass is 16.4. The number of Topliss-reactive ketones (excluding diaryl/α,β-unsaturated/α-hetero) is 1. The number of ketones is 1. The molecule has 0 atom stereocenters. The zero-order chi connectivity index (χ0) is 10.0. The molecule has 1 aromatic heterocycles. The highest BCUT2D eigenvalue weighted by molar-refractivity contribution is 6.58. The van der Waals surface area contributed by atoms with Gasteiger partial charge in [0, 0.05) is 13.0 Å². The van der Waals surface area contributed by atoms with Gasteiger partial charge in [0.25, 0.3) is 0 Å². The smallest absolute Gasteiger partial charge is 0.423 e. The minimum atomic E-state index is -1.74. The van der Waals surface area contributed by atoms with E-state index < -0.39 is 12.7 Å². The largest absolute Gasteiger partial charge is 0.488 e. The Bertz CT molecular complexity index is 384. The van der Waals surface area contributed by atoms with Gasteiger partial charge in [-0.25, -0.2) is 0 Å². The van der Waals surface area contributed by atoms with Crippen molar-refractivity contribution in [2.45, 2.75) is 6.92 Å². The molecule has 0 bridgehead atoms. The van der Waals surface area contributed by atoms with E-state index in [2.05, 4.69) is 4.98 Å². The lowest BCUT2D eigenvalue weighted by atomic mass is 9.80. The van der Waals surface area contributed by atoms with Gasteiger partial charge in [-0.15, -0.1) is 0 Å². The van der Waals surface area contributed by atoms with Crippen LogP contribution in [0.1, 0.15) is 17.4 Å². The van der Waals surface area contributed by atoms with Crippen molar-refractivity contribution in [3.05, 3.63) is 28.2 Å². The average Bonchev–Trinajstić information content (AvgIpc) is 2.03. The molecule has 1 rings (SSSR count). The van der Waals surface area contributed by atoms with E-state index in [4.69, 9.17) is 10.0 Å². The predicted octanol–water partition coefficient (Wildman–Crippen LogP) is -1.74. The number of hydrogen-bond acceptors (Lipinski definition) is 4. The van der Waals surface area contributed by atoms with Crippen molar-refractivity contribution in [1.29, 1.82) is 0 Å². The Morgan fingerprint density at radius 2 is 2.08 bits per heavy atom. The summed E-state index contributed by atoms with van der Waals surface area (Å²) < 4.78 is 0. The van der Waals surface area contributed by atoms with E-state index in [-0.39, 0.29) is 16.9 Å². The van der Waals surface area contributed by atoms with Crippen LogP contribution in [0.15, 0.2) is 16.9 Å². The molecule has 6 heteroatoms. The van der Waals surface area contributed by atoms with Crippen LogP contribution >= 0.6 is 0 Å². The summed E-state index contributed by atoms with van der Waals surface area (Å²) in [6.07, 6.45) is 0. The minimum absolute atomic E-state index is 0.00829. The van der Waals surface area contributed by atoms with E-state index in [9.17, 15) is 9.59 Å². The lowest BCUT2D eigenvalue weighted by molar-refractivity contribution is 0.101. The zero-order valence-corrected chi connectivity index (χ0v) is 6.94. The number of aromatic amines is 1. The van der Waals surface area contributed by atoms with Gasteiger partial charge in [0.2, 0.25) is 5.56 Å². The lowest BCUT2D eigenvalue weighted by Crippen LogP contribution is -2.34. The second-order valence-corrected chi connectivity index (χ2v) is 2.62. The van der Waals surface area contributed by atoms with Crippen molar-refractivity contribution >= 4 is 18.4 Å². The summed E-state index contributed by atoms with van der Waals surface area (Å²) in [5.74, 6) is -0.334. The molecule has 5 nitrogen and oxygen atoms in total. The summed E-state index contributed by atoms with van der Waals surface area (Å²) in [4.78, 5) is 24.0. The third-order valence-corrected chi connectivity index (χ3v) is 1.54. The van der Waals surface area contributed by atoms with Gasteiger partial charge in [0.1, 0.15) is 0 Å². The quantitative estimate of drug-likeness (QED) is 0.373. The number of rotatable bonds is 2. The maximum absolute atomic E-state index is 10.9. The SMILES string of the molecule is CC(=O)c1cc(B(O)O)cc(=O)[nH]1. The van der Waals surface area contributed by atoms with Gasteiger partial charge < -0.3 is 15.0 Å². The Balaban J connectivity index is 3.27. The number of H-pyrrole nitrogens is 1. The number of carbonyl (C=O) groups is 1. The van der Waals surface area contributed by atoms with Crippen molar-refractivity contribution in [2.75, 3.05) is 0 Å². The molecular weight excluding hydrogens is 173 g/mol. The summed E-state index contributed by atoms with van der Waals surface area (Å²) in [6, 6.07) is 2.26. The first-order chi connectivity index (χ1) is 6.00. The second kappa shape index (κ2) is 3.55. The first-order valence-corrected chi connectivity index (χ1v) is 3.62. The monoisotopic (exact) mass is 181 g/mol. The van der Waals surface area contributed by atoms with Gasteiger partial charge in [0.15, 0.2) is 5.78 Å². The maximum atomic E-state index is 10.9. The van der Waals surface area contributed by atoms with Gasteiger partial charge in [0.05, 0.1) is 5.69 Å². The summed E-state index contributed by atoms with van der Waals surface area (Å²) in [5, 5.41) is 17.5. The fourth-order valence-corrected chi connectivity index (χ4v) is 0.903. The van der Waals surface area contributed by atoms with Gasteiger partial charge in [-0.2, -0.15) is 0 Å². The first-order valence-electron chi connectivity index (χ1n) is 3.62. The molecule has 0 saturated heterocycles. The van der Waals surface area contributed by atoms with E-state index >= 15 is 0 Å². The van der Waals surface area contributed by atoms with Gasteiger partial charge >= 0.3 is 7.12 Å². The summed E-state index contributed by atoms with van der Waals surface area (Å²) in [7, 11) is -1.74. The lowest BCUT2D eigenvalue weighted by Gasteiger charge is -2.00. The molecule has 0 unspecified atom stereocenters. The van der Waals surface area contributed by atoms with Crippen molar-refractivity contribution < 1.29 is 14.8 Å². The number of carbonyl (C=O) groups excluding carboxylic acids is 1. The fraction of sp³-hybridized carbons (Fsp3) is 0.143. The molecule has 0 aliphatic heterocycles. The molecule has 0 aliphatic carbocycles. The molecule has 3 N–H and O–H groups in total. The topological polar surface area (TPSA) is 90.4 Å². The van der Waals surface area contributed by atoms with Crippen LogP contribution in [-0.4, -0.2) is 27.9 Å². The highest BCUT2D eigenvalue weighted by Crippen LogP contribution is 1.89. The standard InChI is InChI=1S/C7H8BNO4/c1-4(10)6-2-5(8(12)13)3-7(11)9-6/h2-3,12-13H,1H3,(H,9,11). The molecule has 0 aromatic carbocycles. The van der Waals surface area contributed by atoms with Crippen LogP contribution in [0.25, 0.3) is 0 Å². The molecule has 0 saturated carbocycles. The fourth-order valence-electron chi connectivity index (χ4n) is 0.903. The van der Waals surface area contributed by atoms with Crippen LogP contribution in [0.5, 0.6) is 0 Å². The third kappa shape index (κ3) is 2.27. The van der Waals surface area contributed by atoms with Crippen LogP contribution in [0.3, 0.4) is 0 Å². The van der Waals surface area contributed by atoms with E-state index in [1.54, 1.807) is 0 Å². The minimum Gasteiger partial charge on any atom is -0.423 e. The van der Waals surface area contributed by atoms with Gasteiger partial charge in [-0.05, 0) is 11.5 Å². The van der Waals surface area contributed by atoms with Gasteiger partial charge in [-0.1, -0.05) is 0 Å². The molecule has 1 aromatic rings. The maximum Gasteiger partial charge on any atom is 0.488 e. The number of hydrogen-bond donors (Lipinski definition) is 3. The molecule has 0 fully saturated rings. The van der Waals surface area contributed by atoms with Crippen LogP contribution in [0, 0.1) is 0 Å². The molecule has 68 valence electrons. The van der Waals surface area contributed by atoms with Crippen molar-refractivity contribution in [3.63, 3.8) is 0 Å². The second-order valence-electron chi connectivity index (χ2n) is 2.62. The Kier molecular flexibility index (Phi) is 2.65. The Hall–Kier alpha value is -1.40. The Morgan fingerprint density at radius 3 is 2.54 bits per heavy atom. The normalized spacial score (nSPS) is 9.77. The van der Waals surface area contributed by atoms with E-state index in [1.165, 1.54) is 13.0 Å². The molecule has 0 amide bonds. The Morgan fingerprint density at radius 1 is 1.46 bits per heavy atom. The summed E-state index contributed by atoms with van der Waals surface area (Å²) >= 11 is 0. The molecule has 1 heterocycles. The third-order valence-electron chi connectivity index (χ3n) is 1.54. The van der Waals surface area contributed by atoms with Crippen LogP contribution in [-0.2, 0) is 0 Å². The van der Waals surface area contributed by atoms with Crippen molar-refractivity contribution in [2.24, 2.45) is 0 Å². The summed E-state index contributed by atoms with van der Waals surface area (Å²) in [6.45, 7) is 1.28. The van der Waals surface area contributed by atoms with E-state index in [0.29, 0.717) is 0 Å². The van der Waals surface area contributed by atoms with Gasteiger partial charge in [-0.3, -0.25) is 9.59 Å². The van der Waals surface area contributed by atoms with E-state index in [0.717, 1.165) is 6.07 Å². The van der Waals surface area contributed by atoms with Crippen LogP contribution in [0.4, 0.5) is 0 Å². The molecule has 13 heavy (non-hydrogen) atoms. The molecule has 0 aliphatic rings.